The van der Waals surface area contributed by atoms with E-state index in [0.717, 1.165) is 14.6 Å². The molecule has 1 atom stereocenters. The first-order chi connectivity index (χ1) is 10.1. The van der Waals surface area contributed by atoms with Crippen LogP contribution in [0.4, 0.5) is 5.69 Å². The number of hydrogen-bond donors (Lipinski definition) is 1. The van der Waals surface area contributed by atoms with Crippen LogP contribution >= 0.6 is 31.9 Å². The summed E-state index contributed by atoms with van der Waals surface area (Å²) in [5.74, 6) is 0. The smallest absolute Gasteiger partial charge is 0.0496 e. The van der Waals surface area contributed by atoms with Gasteiger partial charge in [0.1, 0.15) is 0 Å². The summed E-state index contributed by atoms with van der Waals surface area (Å²) < 4.78 is 2.24. The van der Waals surface area contributed by atoms with Crippen molar-refractivity contribution in [1.29, 1.82) is 0 Å². The third-order valence-corrected chi connectivity index (χ3v) is 4.77. The predicted octanol–water partition coefficient (Wildman–Crippen LogP) is 6.54. The Bertz CT molecular complexity index is 783. The van der Waals surface area contributed by atoms with Gasteiger partial charge in [0.2, 0.25) is 0 Å². The fourth-order valence-electron chi connectivity index (χ4n) is 2.46. The maximum atomic E-state index is 3.61. The number of nitrogens with one attached hydrogen (secondary N) is 1. The Hall–Kier alpha value is -1.32. The molecule has 3 aromatic carbocycles. The second-order valence-electron chi connectivity index (χ2n) is 5.09. The van der Waals surface area contributed by atoms with Crippen molar-refractivity contribution in [3.8, 4) is 0 Å². The minimum Gasteiger partial charge on any atom is -0.378 e. The van der Waals surface area contributed by atoms with Gasteiger partial charge < -0.3 is 5.32 Å². The molecule has 3 heteroatoms. The zero-order valence-corrected chi connectivity index (χ0v) is 14.8. The van der Waals surface area contributed by atoms with Crippen LogP contribution in [0.2, 0.25) is 0 Å². The SMILES string of the molecule is CC(Nc1ccc2cc(Br)ccc2c1)c1ccccc1Br. The van der Waals surface area contributed by atoms with Gasteiger partial charge in [0.15, 0.2) is 0 Å². The monoisotopic (exact) mass is 403 g/mol. The molecular weight excluding hydrogens is 390 g/mol. The Morgan fingerprint density at radius 2 is 1.57 bits per heavy atom. The molecule has 0 aliphatic heterocycles. The standard InChI is InChI=1S/C18H15Br2N/c1-12(17-4-2-3-5-18(17)20)21-16-9-7-13-10-15(19)8-6-14(13)11-16/h2-12,21H,1H3. The van der Waals surface area contributed by atoms with Crippen molar-refractivity contribution < 1.29 is 0 Å². The minimum atomic E-state index is 0.244. The Balaban J connectivity index is 1.88. The first kappa shape index (κ1) is 14.6. The van der Waals surface area contributed by atoms with E-state index < -0.39 is 0 Å². The molecule has 0 spiro atoms. The lowest BCUT2D eigenvalue weighted by atomic mass is 10.1. The summed E-state index contributed by atoms with van der Waals surface area (Å²) in [6, 6.07) is 21.4. The van der Waals surface area contributed by atoms with Gasteiger partial charge in [0.25, 0.3) is 0 Å². The van der Waals surface area contributed by atoms with Crippen LogP contribution in [0.15, 0.2) is 69.6 Å². The van der Waals surface area contributed by atoms with E-state index in [2.05, 4.69) is 98.7 Å². The second kappa shape index (κ2) is 6.20. The molecule has 1 nitrogen and oxygen atoms in total. The molecule has 0 radical (unpaired) electrons. The normalized spacial score (nSPS) is 12.3. The quantitative estimate of drug-likeness (QED) is 0.522. The van der Waals surface area contributed by atoms with E-state index in [0.29, 0.717) is 0 Å². The van der Waals surface area contributed by atoms with Gasteiger partial charge in [-0.15, -0.1) is 0 Å². The first-order valence-corrected chi connectivity index (χ1v) is 8.42. The highest BCUT2D eigenvalue weighted by atomic mass is 79.9. The Morgan fingerprint density at radius 1 is 0.857 bits per heavy atom. The van der Waals surface area contributed by atoms with Crippen LogP contribution in [0.5, 0.6) is 0 Å². The average Bonchev–Trinajstić information content (AvgIpc) is 2.48. The molecule has 0 saturated heterocycles. The summed E-state index contributed by atoms with van der Waals surface area (Å²) in [6.07, 6.45) is 0. The summed E-state index contributed by atoms with van der Waals surface area (Å²) in [5.41, 5.74) is 2.39. The maximum Gasteiger partial charge on any atom is 0.0496 e. The number of benzene rings is 3. The lowest BCUT2D eigenvalue weighted by molar-refractivity contribution is 0.879. The van der Waals surface area contributed by atoms with Crippen molar-refractivity contribution in [3.63, 3.8) is 0 Å². The highest BCUT2D eigenvalue weighted by Crippen LogP contribution is 2.28. The molecule has 0 amide bonds. The van der Waals surface area contributed by atoms with Crippen molar-refractivity contribution in [3.05, 3.63) is 75.2 Å². The van der Waals surface area contributed by atoms with Crippen LogP contribution in [0.3, 0.4) is 0 Å². The zero-order chi connectivity index (χ0) is 14.8. The van der Waals surface area contributed by atoms with Gasteiger partial charge in [-0.05, 0) is 53.6 Å². The Morgan fingerprint density at radius 3 is 2.38 bits per heavy atom. The number of anilines is 1. The third kappa shape index (κ3) is 3.30. The van der Waals surface area contributed by atoms with Gasteiger partial charge in [0, 0.05) is 20.7 Å². The van der Waals surface area contributed by atoms with Crippen LogP contribution < -0.4 is 5.32 Å². The molecule has 3 aromatic rings. The number of rotatable bonds is 3. The third-order valence-electron chi connectivity index (χ3n) is 3.56. The van der Waals surface area contributed by atoms with Gasteiger partial charge in [-0.25, -0.2) is 0 Å². The molecule has 0 saturated carbocycles. The van der Waals surface area contributed by atoms with E-state index in [4.69, 9.17) is 0 Å². The van der Waals surface area contributed by atoms with Gasteiger partial charge in [0.05, 0.1) is 0 Å². The maximum absolute atomic E-state index is 3.61. The fourth-order valence-corrected chi connectivity index (χ4v) is 3.47. The van der Waals surface area contributed by atoms with Crippen molar-refractivity contribution in [2.24, 2.45) is 0 Å². The topological polar surface area (TPSA) is 12.0 Å². The van der Waals surface area contributed by atoms with E-state index in [-0.39, 0.29) is 6.04 Å². The average molecular weight is 405 g/mol. The Kier molecular flexibility index (Phi) is 4.32. The van der Waals surface area contributed by atoms with Crippen LogP contribution in [0.1, 0.15) is 18.5 Å². The minimum absolute atomic E-state index is 0.244. The molecule has 0 aliphatic rings. The van der Waals surface area contributed by atoms with Crippen LogP contribution in [-0.2, 0) is 0 Å². The molecule has 0 aromatic heterocycles. The van der Waals surface area contributed by atoms with Crippen LogP contribution in [0.25, 0.3) is 10.8 Å². The molecule has 21 heavy (non-hydrogen) atoms. The van der Waals surface area contributed by atoms with E-state index in [1.807, 2.05) is 6.07 Å². The van der Waals surface area contributed by atoms with Gasteiger partial charge in [-0.1, -0.05) is 62.2 Å². The van der Waals surface area contributed by atoms with Crippen molar-refractivity contribution in [2.45, 2.75) is 13.0 Å². The second-order valence-corrected chi connectivity index (χ2v) is 6.86. The summed E-state index contributed by atoms with van der Waals surface area (Å²) in [5, 5.41) is 6.04. The molecule has 1 N–H and O–H groups in total. The lowest BCUT2D eigenvalue weighted by Crippen LogP contribution is -2.07. The molecule has 0 fully saturated rings. The van der Waals surface area contributed by atoms with E-state index in [9.17, 15) is 0 Å². The number of fused-ring (bicyclic) bond motifs is 1. The van der Waals surface area contributed by atoms with Crippen molar-refractivity contribution >= 4 is 48.3 Å². The molecule has 0 aliphatic carbocycles. The highest BCUT2D eigenvalue weighted by molar-refractivity contribution is 9.10. The summed E-state index contributed by atoms with van der Waals surface area (Å²) in [4.78, 5) is 0. The summed E-state index contributed by atoms with van der Waals surface area (Å²) >= 11 is 7.12. The fraction of sp³-hybridized carbons (Fsp3) is 0.111. The summed E-state index contributed by atoms with van der Waals surface area (Å²) in [7, 11) is 0. The van der Waals surface area contributed by atoms with E-state index in [1.165, 1.54) is 16.3 Å². The molecule has 3 rings (SSSR count). The Labute approximate surface area is 141 Å². The molecular formula is C18H15Br2N. The lowest BCUT2D eigenvalue weighted by Gasteiger charge is -2.17. The molecule has 106 valence electrons. The number of halogens is 2. The van der Waals surface area contributed by atoms with E-state index >= 15 is 0 Å². The zero-order valence-electron chi connectivity index (χ0n) is 11.6. The first-order valence-electron chi connectivity index (χ1n) is 6.84. The van der Waals surface area contributed by atoms with Crippen molar-refractivity contribution in [1.82, 2.24) is 0 Å². The van der Waals surface area contributed by atoms with Crippen LogP contribution in [-0.4, -0.2) is 0 Å². The molecule has 1 unspecified atom stereocenters. The van der Waals surface area contributed by atoms with Gasteiger partial charge in [-0.3, -0.25) is 0 Å². The highest BCUT2D eigenvalue weighted by Gasteiger charge is 2.08. The summed E-state index contributed by atoms with van der Waals surface area (Å²) in [6.45, 7) is 2.17. The predicted molar refractivity (Wildman–Crippen MR) is 97.8 cm³/mol. The van der Waals surface area contributed by atoms with Crippen LogP contribution in [0, 0.1) is 0 Å². The number of hydrogen-bond acceptors (Lipinski definition) is 1. The largest absolute Gasteiger partial charge is 0.378 e. The molecule has 0 heterocycles. The van der Waals surface area contributed by atoms with Gasteiger partial charge in [-0.2, -0.15) is 0 Å². The molecule has 0 bridgehead atoms. The van der Waals surface area contributed by atoms with Gasteiger partial charge >= 0.3 is 0 Å². The van der Waals surface area contributed by atoms with E-state index in [1.54, 1.807) is 0 Å². The van der Waals surface area contributed by atoms with Crippen molar-refractivity contribution in [2.75, 3.05) is 5.32 Å².